The molecule has 0 radical (unpaired) electrons. The summed E-state index contributed by atoms with van der Waals surface area (Å²) < 4.78 is 13.2. The fourth-order valence-corrected chi connectivity index (χ4v) is 1.54. The number of hydrogen-bond donors (Lipinski definition) is 1. The third-order valence-electron chi connectivity index (χ3n) is 2.08. The molecule has 1 saturated heterocycles. The van der Waals surface area contributed by atoms with Crippen LogP contribution in [0.1, 0.15) is 6.92 Å². The van der Waals surface area contributed by atoms with E-state index in [-0.39, 0.29) is 0 Å². The van der Waals surface area contributed by atoms with Gasteiger partial charge in [0.25, 0.3) is 0 Å². The predicted octanol–water partition coefficient (Wildman–Crippen LogP) is 0.544. The average Bonchev–Trinajstić information content (AvgIpc) is 2.08. The molecule has 1 aliphatic heterocycles. The Morgan fingerprint density at radius 1 is 1.73 bits per heavy atom. The van der Waals surface area contributed by atoms with Crippen LogP contribution in [0.5, 0.6) is 0 Å². The minimum Gasteiger partial charge on any atom is -0.318 e. The SMILES string of the molecule is C/C=C\[C@@]1(N)CN(C)C[C@@H]1F. The molecule has 0 bridgehead atoms. The molecule has 11 heavy (non-hydrogen) atoms. The van der Waals surface area contributed by atoms with E-state index in [9.17, 15) is 4.39 Å². The average molecular weight is 158 g/mol. The standard InChI is InChI=1S/C8H15FN2/c1-3-4-8(10)6-11(2)5-7(8)9/h3-4,7H,5-6,10H2,1-2H3/b4-3-/t7-,8+/m0/s1. The molecule has 0 aliphatic carbocycles. The molecule has 2 atom stereocenters. The van der Waals surface area contributed by atoms with Crippen molar-refractivity contribution in [3.05, 3.63) is 12.2 Å². The van der Waals surface area contributed by atoms with Crippen molar-refractivity contribution in [2.75, 3.05) is 20.1 Å². The van der Waals surface area contributed by atoms with Gasteiger partial charge >= 0.3 is 0 Å². The van der Waals surface area contributed by atoms with Crippen LogP contribution in [0, 0.1) is 0 Å². The number of halogens is 1. The van der Waals surface area contributed by atoms with Crippen molar-refractivity contribution >= 4 is 0 Å². The molecule has 1 heterocycles. The molecular weight excluding hydrogens is 143 g/mol. The first-order valence-electron chi connectivity index (χ1n) is 3.84. The number of likely N-dealkylation sites (tertiary alicyclic amines) is 1. The Morgan fingerprint density at radius 2 is 2.36 bits per heavy atom. The van der Waals surface area contributed by atoms with E-state index in [0.29, 0.717) is 13.1 Å². The highest BCUT2D eigenvalue weighted by Gasteiger charge is 2.40. The molecule has 0 unspecified atom stereocenters. The van der Waals surface area contributed by atoms with E-state index in [1.54, 1.807) is 6.08 Å². The number of hydrogen-bond acceptors (Lipinski definition) is 2. The highest BCUT2D eigenvalue weighted by atomic mass is 19.1. The molecule has 2 N–H and O–H groups in total. The summed E-state index contributed by atoms with van der Waals surface area (Å²) >= 11 is 0. The van der Waals surface area contributed by atoms with Gasteiger partial charge in [0, 0.05) is 13.1 Å². The summed E-state index contributed by atoms with van der Waals surface area (Å²) in [6.45, 7) is 2.92. The summed E-state index contributed by atoms with van der Waals surface area (Å²) in [4.78, 5) is 1.91. The smallest absolute Gasteiger partial charge is 0.135 e. The Labute approximate surface area is 66.9 Å². The van der Waals surface area contributed by atoms with Gasteiger partial charge in [-0.25, -0.2) is 4.39 Å². The summed E-state index contributed by atoms with van der Waals surface area (Å²) in [7, 11) is 1.88. The van der Waals surface area contributed by atoms with Gasteiger partial charge in [0.2, 0.25) is 0 Å². The van der Waals surface area contributed by atoms with Crippen LogP contribution in [0.4, 0.5) is 4.39 Å². The van der Waals surface area contributed by atoms with Gasteiger partial charge in [0.05, 0.1) is 5.54 Å². The van der Waals surface area contributed by atoms with E-state index in [4.69, 9.17) is 5.73 Å². The van der Waals surface area contributed by atoms with Crippen LogP contribution < -0.4 is 5.73 Å². The number of alkyl halides is 1. The Morgan fingerprint density at radius 3 is 2.73 bits per heavy atom. The lowest BCUT2D eigenvalue weighted by Gasteiger charge is -2.20. The first-order chi connectivity index (χ1) is 5.08. The molecule has 0 spiro atoms. The third-order valence-corrected chi connectivity index (χ3v) is 2.08. The maximum Gasteiger partial charge on any atom is 0.135 e. The molecule has 64 valence electrons. The Kier molecular flexibility index (Phi) is 2.30. The van der Waals surface area contributed by atoms with Gasteiger partial charge in [-0.3, -0.25) is 0 Å². The van der Waals surface area contributed by atoms with Crippen molar-refractivity contribution in [3.8, 4) is 0 Å². The number of allylic oxidation sites excluding steroid dienone is 1. The monoisotopic (exact) mass is 158 g/mol. The Hall–Kier alpha value is -0.410. The van der Waals surface area contributed by atoms with Crippen LogP contribution in [0.2, 0.25) is 0 Å². The van der Waals surface area contributed by atoms with Crippen molar-refractivity contribution in [2.24, 2.45) is 5.73 Å². The fourth-order valence-electron chi connectivity index (χ4n) is 1.54. The minimum atomic E-state index is -0.927. The lowest BCUT2D eigenvalue weighted by molar-refractivity contribution is 0.278. The van der Waals surface area contributed by atoms with Gasteiger partial charge in [-0.15, -0.1) is 0 Å². The van der Waals surface area contributed by atoms with Crippen LogP contribution in [0.15, 0.2) is 12.2 Å². The number of nitrogens with zero attached hydrogens (tertiary/aromatic N) is 1. The van der Waals surface area contributed by atoms with E-state index in [1.165, 1.54) is 0 Å². The Bertz CT molecular complexity index is 169. The molecule has 1 fully saturated rings. The molecule has 1 rings (SSSR count). The van der Waals surface area contributed by atoms with Crippen LogP contribution >= 0.6 is 0 Å². The third kappa shape index (κ3) is 1.60. The van der Waals surface area contributed by atoms with E-state index >= 15 is 0 Å². The first kappa shape index (κ1) is 8.68. The van der Waals surface area contributed by atoms with E-state index in [2.05, 4.69) is 0 Å². The van der Waals surface area contributed by atoms with E-state index in [1.807, 2.05) is 24.9 Å². The van der Waals surface area contributed by atoms with Crippen LogP contribution in [-0.4, -0.2) is 36.7 Å². The van der Waals surface area contributed by atoms with Crippen LogP contribution in [0.25, 0.3) is 0 Å². The molecule has 0 saturated carbocycles. The van der Waals surface area contributed by atoms with Crippen LogP contribution in [0.3, 0.4) is 0 Å². The predicted molar refractivity (Wildman–Crippen MR) is 44.1 cm³/mol. The van der Waals surface area contributed by atoms with Gasteiger partial charge in [0.1, 0.15) is 6.17 Å². The van der Waals surface area contributed by atoms with Crippen molar-refractivity contribution in [2.45, 2.75) is 18.6 Å². The quantitative estimate of drug-likeness (QED) is 0.564. The van der Waals surface area contributed by atoms with Crippen molar-refractivity contribution in [1.29, 1.82) is 0 Å². The van der Waals surface area contributed by atoms with Crippen molar-refractivity contribution in [3.63, 3.8) is 0 Å². The zero-order valence-electron chi connectivity index (χ0n) is 7.05. The molecule has 0 aromatic heterocycles. The van der Waals surface area contributed by atoms with Gasteiger partial charge in [-0.05, 0) is 14.0 Å². The maximum absolute atomic E-state index is 13.2. The summed E-state index contributed by atoms with van der Waals surface area (Å²) in [6.07, 6.45) is 2.64. The number of likely N-dealkylation sites (N-methyl/N-ethyl adjacent to an activating group) is 1. The Balaban J connectivity index is 2.70. The van der Waals surface area contributed by atoms with Crippen molar-refractivity contribution in [1.82, 2.24) is 4.90 Å². The highest BCUT2D eigenvalue weighted by Crippen LogP contribution is 2.22. The normalized spacial score (nSPS) is 40.5. The number of rotatable bonds is 1. The zero-order valence-corrected chi connectivity index (χ0v) is 7.05. The van der Waals surface area contributed by atoms with Crippen LogP contribution in [-0.2, 0) is 0 Å². The second kappa shape index (κ2) is 2.91. The van der Waals surface area contributed by atoms with Gasteiger partial charge in [0.15, 0.2) is 0 Å². The number of nitrogens with two attached hydrogens (primary N) is 1. The molecule has 1 aliphatic rings. The van der Waals surface area contributed by atoms with Gasteiger partial charge in [-0.2, -0.15) is 0 Å². The van der Waals surface area contributed by atoms with Gasteiger partial charge in [-0.1, -0.05) is 12.2 Å². The van der Waals surface area contributed by atoms with E-state index < -0.39 is 11.7 Å². The highest BCUT2D eigenvalue weighted by molar-refractivity contribution is 5.14. The molecule has 0 aromatic rings. The van der Waals surface area contributed by atoms with Crippen molar-refractivity contribution < 1.29 is 4.39 Å². The molecule has 0 amide bonds. The largest absolute Gasteiger partial charge is 0.318 e. The summed E-state index contributed by atoms with van der Waals surface area (Å²) in [5.41, 5.74) is 5.05. The summed E-state index contributed by atoms with van der Waals surface area (Å²) in [6, 6.07) is 0. The van der Waals surface area contributed by atoms with Gasteiger partial charge < -0.3 is 10.6 Å². The zero-order chi connectivity index (χ0) is 8.48. The molecule has 3 heteroatoms. The lowest BCUT2D eigenvalue weighted by atomic mass is 9.98. The first-order valence-corrected chi connectivity index (χ1v) is 3.84. The summed E-state index contributed by atoms with van der Waals surface area (Å²) in [5, 5.41) is 0. The molecule has 0 aromatic carbocycles. The topological polar surface area (TPSA) is 29.3 Å². The molecular formula is C8H15FN2. The maximum atomic E-state index is 13.2. The second-order valence-corrected chi connectivity index (χ2v) is 3.28. The van der Waals surface area contributed by atoms with E-state index in [0.717, 1.165) is 0 Å². The second-order valence-electron chi connectivity index (χ2n) is 3.28. The fraction of sp³-hybridized carbons (Fsp3) is 0.750. The summed E-state index contributed by atoms with van der Waals surface area (Å²) in [5.74, 6) is 0. The lowest BCUT2D eigenvalue weighted by Crippen LogP contribution is -2.46. The molecule has 2 nitrogen and oxygen atoms in total. The minimum absolute atomic E-state index is 0.445.